The van der Waals surface area contributed by atoms with Crippen molar-refractivity contribution in [3.63, 3.8) is 0 Å². The highest BCUT2D eigenvalue weighted by atomic mass is 35.5. The predicted molar refractivity (Wildman–Crippen MR) is 87.3 cm³/mol. The van der Waals surface area contributed by atoms with E-state index in [0.717, 1.165) is 0 Å². The SMILES string of the molecule is CC1=NS(=O)(=O)NC(C)=C1CC(=O)Nc1ccc(C#N)c(Cl)c1. The van der Waals surface area contributed by atoms with Crippen LogP contribution in [0.2, 0.25) is 5.02 Å². The zero-order chi connectivity index (χ0) is 17.2. The third-order valence-electron chi connectivity index (χ3n) is 3.14. The number of hydrogen-bond acceptors (Lipinski definition) is 4. The number of rotatable bonds is 3. The van der Waals surface area contributed by atoms with Crippen molar-refractivity contribution >= 4 is 39.1 Å². The van der Waals surface area contributed by atoms with Gasteiger partial charge in [-0.1, -0.05) is 11.6 Å². The van der Waals surface area contributed by atoms with Crippen LogP contribution in [0.5, 0.6) is 0 Å². The molecule has 23 heavy (non-hydrogen) atoms. The molecule has 9 heteroatoms. The Morgan fingerprint density at radius 1 is 1.43 bits per heavy atom. The Morgan fingerprint density at radius 3 is 2.70 bits per heavy atom. The fraction of sp³-hybridized carbons (Fsp3) is 0.214. The highest BCUT2D eigenvalue weighted by molar-refractivity contribution is 7.88. The Labute approximate surface area is 138 Å². The quantitative estimate of drug-likeness (QED) is 0.867. The van der Waals surface area contributed by atoms with Crippen LogP contribution in [-0.2, 0) is 15.0 Å². The normalized spacial score (nSPS) is 16.2. The van der Waals surface area contributed by atoms with E-state index in [-0.39, 0.29) is 23.1 Å². The van der Waals surface area contributed by atoms with E-state index in [0.29, 0.717) is 22.5 Å². The summed E-state index contributed by atoms with van der Waals surface area (Å²) in [6, 6.07) is 6.47. The van der Waals surface area contributed by atoms with E-state index in [1.807, 2.05) is 6.07 Å². The molecule has 0 aliphatic carbocycles. The number of nitriles is 1. The molecule has 0 bridgehead atoms. The van der Waals surface area contributed by atoms with Gasteiger partial charge in [0.1, 0.15) is 6.07 Å². The van der Waals surface area contributed by atoms with Gasteiger partial charge in [-0.05, 0) is 32.0 Å². The van der Waals surface area contributed by atoms with E-state index >= 15 is 0 Å². The molecule has 0 saturated carbocycles. The smallest absolute Gasteiger partial charge is 0.326 e. The van der Waals surface area contributed by atoms with Gasteiger partial charge in [0.05, 0.1) is 22.7 Å². The zero-order valence-corrected chi connectivity index (χ0v) is 13.9. The fourth-order valence-corrected chi connectivity index (χ4v) is 3.34. The lowest BCUT2D eigenvalue weighted by Gasteiger charge is -2.17. The second-order valence-electron chi connectivity index (χ2n) is 4.89. The maximum Gasteiger partial charge on any atom is 0.342 e. The first-order valence-electron chi connectivity index (χ1n) is 6.51. The van der Waals surface area contributed by atoms with Crippen LogP contribution in [0, 0.1) is 11.3 Å². The van der Waals surface area contributed by atoms with Crippen molar-refractivity contribution in [2.75, 3.05) is 5.32 Å². The monoisotopic (exact) mass is 352 g/mol. The lowest BCUT2D eigenvalue weighted by Crippen LogP contribution is -2.29. The Bertz CT molecular complexity index is 882. The first kappa shape index (κ1) is 17.0. The number of allylic oxidation sites excluding steroid dienone is 1. The molecule has 1 heterocycles. The zero-order valence-electron chi connectivity index (χ0n) is 12.3. The molecule has 1 aliphatic rings. The van der Waals surface area contributed by atoms with Gasteiger partial charge in [0.25, 0.3) is 0 Å². The van der Waals surface area contributed by atoms with Crippen molar-refractivity contribution in [3.05, 3.63) is 40.1 Å². The number of hydrogen-bond donors (Lipinski definition) is 2. The Hall–Kier alpha value is -2.37. The second kappa shape index (κ2) is 6.40. The van der Waals surface area contributed by atoms with Crippen molar-refractivity contribution in [2.45, 2.75) is 20.3 Å². The number of benzene rings is 1. The van der Waals surface area contributed by atoms with Crippen LogP contribution in [0.1, 0.15) is 25.8 Å². The summed E-state index contributed by atoms with van der Waals surface area (Å²) in [7, 11) is -3.72. The van der Waals surface area contributed by atoms with Gasteiger partial charge in [-0.25, -0.2) is 0 Å². The van der Waals surface area contributed by atoms with Crippen LogP contribution in [0.25, 0.3) is 0 Å². The summed E-state index contributed by atoms with van der Waals surface area (Å²) in [4.78, 5) is 12.1. The topological polar surface area (TPSA) is 111 Å². The summed E-state index contributed by atoms with van der Waals surface area (Å²) in [5.41, 5.74) is 1.91. The molecule has 7 nitrogen and oxygen atoms in total. The number of halogens is 1. The average Bonchev–Trinajstić information content (AvgIpc) is 2.42. The van der Waals surface area contributed by atoms with Gasteiger partial charge in [-0.15, -0.1) is 4.40 Å². The summed E-state index contributed by atoms with van der Waals surface area (Å²) in [6.07, 6.45) is -0.0404. The van der Waals surface area contributed by atoms with Crippen LogP contribution in [0.15, 0.2) is 33.9 Å². The lowest BCUT2D eigenvalue weighted by atomic mass is 10.1. The molecule has 1 aliphatic heterocycles. The first-order chi connectivity index (χ1) is 10.7. The molecular weight excluding hydrogens is 340 g/mol. The van der Waals surface area contributed by atoms with Crippen molar-refractivity contribution in [1.82, 2.24) is 4.72 Å². The highest BCUT2D eigenvalue weighted by Crippen LogP contribution is 2.21. The van der Waals surface area contributed by atoms with Gasteiger partial charge in [0.2, 0.25) is 5.91 Å². The number of carbonyl (C=O) groups is 1. The van der Waals surface area contributed by atoms with Crippen LogP contribution in [0.3, 0.4) is 0 Å². The first-order valence-corrected chi connectivity index (χ1v) is 8.32. The molecule has 0 atom stereocenters. The van der Waals surface area contributed by atoms with Crippen LogP contribution >= 0.6 is 11.6 Å². The molecule has 0 saturated heterocycles. The molecule has 0 unspecified atom stereocenters. The third-order valence-corrected chi connectivity index (χ3v) is 4.53. The minimum absolute atomic E-state index is 0.0404. The molecule has 0 fully saturated rings. The number of nitrogens with zero attached hydrogens (tertiary/aromatic N) is 2. The summed E-state index contributed by atoms with van der Waals surface area (Å²) in [5.74, 6) is -0.351. The van der Waals surface area contributed by atoms with Crippen molar-refractivity contribution in [1.29, 1.82) is 5.26 Å². The molecule has 120 valence electrons. The summed E-state index contributed by atoms with van der Waals surface area (Å²) >= 11 is 5.90. The molecule has 1 amide bonds. The fourth-order valence-electron chi connectivity index (χ4n) is 2.09. The molecule has 0 aromatic heterocycles. The van der Waals surface area contributed by atoms with Crippen LogP contribution < -0.4 is 10.0 Å². The number of nitrogens with one attached hydrogen (secondary N) is 2. The van der Waals surface area contributed by atoms with E-state index in [2.05, 4.69) is 14.4 Å². The van der Waals surface area contributed by atoms with Crippen LogP contribution in [0.4, 0.5) is 5.69 Å². The van der Waals surface area contributed by atoms with Gasteiger partial charge >= 0.3 is 10.2 Å². The Balaban J connectivity index is 2.13. The molecule has 1 aromatic rings. The maximum absolute atomic E-state index is 12.1. The van der Waals surface area contributed by atoms with E-state index in [1.54, 1.807) is 13.0 Å². The molecule has 2 rings (SSSR count). The van der Waals surface area contributed by atoms with Gasteiger partial charge < -0.3 is 5.32 Å². The van der Waals surface area contributed by atoms with Gasteiger partial charge in [0, 0.05) is 17.0 Å². The van der Waals surface area contributed by atoms with Gasteiger partial charge in [-0.3, -0.25) is 9.52 Å². The maximum atomic E-state index is 12.1. The second-order valence-corrected chi connectivity index (χ2v) is 6.63. The molecule has 0 radical (unpaired) electrons. The van der Waals surface area contributed by atoms with Crippen molar-refractivity contribution in [2.24, 2.45) is 4.40 Å². The predicted octanol–water partition coefficient (Wildman–Crippen LogP) is 2.12. The van der Waals surface area contributed by atoms with Gasteiger partial charge in [0.15, 0.2) is 0 Å². The van der Waals surface area contributed by atoms with E-state index in [1.165, 1.54) is 19.1 Å². The molecule has 2 N–H and O–H groups in total. The van der Waals surface area contributed by atoms with E-state index in [9.17, 15) is 13.2 Å². The average molecular weight is 353 g/mol. The summed E-state index contributed by atoms with van der Waals surface area (Å²) in [5, 5.41) is 11.7. The standard InChI is InChI=1S/C14H13ClN4O3S/c1-8-12(9(2)19-23(21,22)18-8)6-14(20)17-11-4-3-10(7-16)13(15)5-11/h3-5,18H,6H2,1-2H3,(H,17,20). The van der Waals surface area contributed by atoms with Gasteiger partial charge in [-0.2, -0.15) is 13.7 Å². The molecule has 1 aromatic carbocycles. The number of anilines is 1. The number of carbonyl (C=O) groups excluding carboxylic acids is 1. The summed E-state index contributed by atoms with van der Waals surface area (Å²) in [6.45, 7) is 3.10. The van der Waals surface area contributed by atoms with E-state index in [4.69, 9.17) is 16.9 Å². The lowest BCUT2D eigenvalue weighted by molar-refractivity contribution is -0.115. The molecular formula is C14H13ClN4O3S. The highest BCUT2D eigenvalue weighted by Gasteiger charge is 2.22. The summed E-state index contributed by atoms with van der Waals surface area (Å²) < 4.78 is 28.6. The van der Waals surface area contributed by atoms with Crippen molar-refractivity contribution in [3.8, 4) is 6.07 Å². The Kier molecular flexibility index (Phi) is 4.73. The molecule has 0 spiro atoms. The minimum Gasteiger partial charge on any atom is -0.326 e. The van der Waals surface area contributed by atoms with E-state index < -0.39 is 10.2 Å². The van der Waals surface area contributed by atoms with Crippen molar-refractivity contribution < 1.29 is 13.2 Å². The Morgan fingerprint density at radius 2 is 2.13 bits per heavy atom. The number of amides is 1. The van der Waals surface area contributed by atoms with Crippen LogP contribution in [-0.4, -0.2) is 20.0 Å². The largest absolute Gasteiger partial charge is 0.342 e. The minimum atomic E-state index is -3.72. The third kappa shape index (κ3) is 4.09.